The fourth-order valence-electron chi connectivity index (χ4n) is 6.18. The first-order chi connectivity index (χ1) is 19.6. The van der Waals surface area contributed by atoms with Crippen molar-refractivity contribution in [2.24, 2.45) is 5.92 Å². The second-order valence-electron chi connectivity index (χ2n) is 11.3. The molecule has 0 atom stereocenters. The Morgan fingerprint density at radius 3 is 2.35 bits per heavy atom. The molecule has 216 valence electrons. The maximum atomic E-state index is 13.6. The molecule has 5 rings (SSSR count). The average Bonchev–Trinajstić information content (AvgIpc) is 2.99. The molecule has 2 saturated heterocycles. The summed E-state index contributed by atoms with van der Waals surface area (Å²) in [6.07, 6.45) is 10.0. The van der Waals surface area contributed by atoms with Crippen molar-refractivity contribution in [1.29, 1.82) is 0 Å². The van der Waals surface area contributed by atoms with Gasteiger partial charge in [0.25, 0.3) is 5.56 Å². The molecular formula is C32H43ClN4O3. The molecule has 0 bridgehead atoms. The highest BCUT2D eigenvalue weighted by atomic mass is 35.5. The topological polar surface area (TPSA) is 59.8 Å². The monoisotopic (exact) mass is 566 g/mol. The number of hydrogen-bond acceptors (Lipinski definition) is 6. The largest absolute Gasteiger partial charge is 0.494 e. The van der Waals surface area contributed by atoms with Gasteiger partial charge in [-0.2, -0.15) is 0 Å². The Hall–Kier alpha value is -2.61. The van der Waals surface area contributed by atoms with Crippen molar-refractivity contribution in [1.82, 2.24) is 19.4 Å². The van der Waals surface area contributed by atoms with E-state index >= 15 is 0 Å². The highest BCUT2D eigenvalue weighted by Gasteiger charge is 2.20. The van der Waals surface area contributed by atoms with Crippen LogP contribution >= 0.6 is 11.6 Å². The third kappa shape index (κ3) is 7.56. The van der Waals surface area contributed by atoms with E-state index in [1.165, 1.54) is 77.8 Å². The van der Waals surface area contributed by atoms with Crippen LogP contribution in [0.25, 0.3) is 10.9 Å². The molecule has 2 fully saturated rings. The zero-order chi connectivity index (χ0) is 27.7. The number of hydrogen-bond donors (Lipinski definition) is 0. The maximum absolute atomic E-state index is 13.6. The number of nitrogens with zero attached hydrogens (tertiary/aromatic N) is 4. The predicted octanol–water partition coefficient (Wildman–Crippen LogP) is 6.01. The van der Waals surface area contributed by atoms with Crippen molar-refractivity contribution in [3.8, 4) is 11.5 Å². The number of aromatic nitrogens is 2. The van der Waals surface area contributed by atoms with E-state index in [1.54, 1.807) is 23.8 Å². The molecule has 2 aliphatic rings. The summed E-state index contributed by atoms with van der Waals surface area (Å²) in [7, 11) is 1.60. The Morgan fingerprint density at radius 1 is 0.900 bits per heavy atom. The molecule has 8 heteroatoms. The summed E-state index contributed by atoms with van der Waals surface area (Å²) in [6, 6.07) is 12.7. The number of fused-ring (bicyclic) bond motifs is 1. The van der Waals surface area contributed by atoms with E-state index < -0.39 is 0 Å². The normalized spacial score (nSPS) is 17.4. The summed E-state index contributed by atoms with van der Waals surface area (Å²) < 4.78 is 13.3. The Morgan fingerprint density at radius 2 is 1.62 bits per heavy atom. The quantitative estimate of drug-likeness (QED) is 0.268. The van der Waals surface area contributed by atoms with Gasteiger partial charge in [-0.25, -0.2) is 4.98 Å². The van der Waals surface area contributed by atoms with Gasteiger partial charge >= 0.3 is 0 Å². The summed E-state index contributed by atoms with van der Waals surface area (Å²) in [5.74, 6) is 2.61. The van der Waals surface area contributed by atoms with Crippen LogP contribution in [0.5, 0.6) is 11.5 Å². The number of rotatable bonds is 12. The van der Waals surface area contributed by atoms with Gasteiger partial charge in [-0.05, 0) is 127 Å². The van der Waals surface area contributed by atoms with E-state index in [2.05, 4.69) is 9.80 Å². The lowest BCUT2D eigenvalue weighted by Crippen LogP contribution is -2.37. The fraction of sp³-hybridized carbons (Fsp3) is 0.562. The van der Waals surface area contributed by atoms with E-state index in [0.29, 0.717) is 39.8 Å². The average molecular weight is 567 g/mol. The van der Waals surface area contributed by atoms with Crippen molar-refractivity contribution in [2.45, 2.75) is 64.5 Å². The summed E-state index contributed by atoms with van der Waals surface area (Å²) in [5, 5.41) is 1.23. The lowest BCUT2D eigenvalue weighted by atomic mass is 9.92. The molecule has 0 saturated carbocycles. The maximum Gasteiger partial charge on any atom is 0.261 e. The molecule has 2 aliphatic heterocycles. The Labute approximate surface area is 243 Å². The summed E-state index contributed by atoms with van der Waals surface area (Å²) >= 11 is 6.02. The van der Waals surface area contributed by atoms with Gasteiger partial charge < -0.3 is 19.3 Å². The van der Waals surface area contributed by atoms with Crippen LogP contribution in [-0.2, 0) is 13.2 Å². The molecule has 0 N–H and O–H groups in total. The van der Waals surface area contributed by atoms with Crippen molar-refractivity contribution in [3.05, 3.63) is 63.7 Å². The van der Waals surface area contributed by atoms with E-state index in [-0.39, 0.29) is 12.2 Å². The van der Waals surface area contributed by atoms with Crippen LogP contribution in [-0.4, -0.2) is 65.7 Å². The standard InChI is InChI=1S/C32H43ClN4O3/c1-39-29-10-5-9-28-31(29)34-30(24-40-27-13-11-26(33)12-14-27)37(32(28)38)21-6-8-25-15-22-36(23-16-25)20-7-19-35-17-3-2-4-18-35/h5,9-14,25H,2-4,6-8,15-24H2,1H3. The SMILES string of the molecule is COc1cccc2c(=O)n(CCCC3CCN(CCCN4CCCCC4)CC3)c(COc3ccc(Cl)cc3)nc12. The highest BCUT2D eigenvalue weighted by molar-refractivity contribution is 6.30. The van der Waals surface area contributed by atoms with Gasteiger partial charge in [-0.1, -0.05) is 24.1 Å². The molecule has 3 aromatic rings. The first kappa shape index (κ1) is 28.9. The van der Waals surface area contributed by atoms with Crippen LogP contribution in [0.4, 0.5) is 0 Å². The summed E-state index contributed by atoms with van der Waals surface area (Å²) in [5.41, 5.74) is 0.538. The molecule has 0 aliphatic carbocycles. The Bertz CT molecular complexity index is 1280. The van der Waals surface area contributed by atoms with E-state index in [9.17, 15) is 4.79 Å². The van der Waals surface area contributed by atoms with Gasteiger partial charge in [0.05, 0.1) is 12.5 Å². The third-order valence-electron chi connectivity index (χ3n) is 8.53. The molecule has 2 aromatic carbocycles. The smallest absolute Gasteiger partial charge is 0.261 e. The number of methoxy groups -OCH3 is 1. The van der Waals surface area contributed by atoms with Gasteiger partial charge in [0.2, 0.25) is 0 Å². The number of piperidine rings is 2. The lowest BCUT2D eigenvalue weighted by molar-refractivity contribution is 0.159. The highest BCUT2D eigenvalue weighted by Crippen LogP contribution is 2.25. The lowest BCUT2D eigenvalue weighted by Gasteiger charge is -2.33. The van der Waals surface area contributed by atoms with Crippen LogP contribution in [0.3, 0.4) is 0 Å². The van der Waals surface area contributed by atoms with Crippen molar-refractivity contribution in [2.75, 3.05) is 46.4 Å². The minimum absolute atomic E-state index is 0.0397. The van der Waals surface area contributed by atoms with Crippen LogP contribution in [0.1, 0.15) is 57.2 Å². The molecule has 3 heterocycles. The number of ether oxygens (including phenoxy) is 2. The van der Waals surface area contributed by atoms with E-state index in [0.717, 1.165) is 18.8 Å². The third-order valence-corrected chi connectivity index (χ3v) is 8.78. The fourth-order valence-corrected chi connectivity index (χ4v) is 6.31. The summed E-state index contributed by atoms with van der Waals surface area (Å²) in [6.45, 7) is 8.28. The first-order valence-electron chi connectivity index (χ1n) is 15.0. The molecule has 1 aromatic heterocycles. The molecule has 0 radical (unpaired) electrons. The van der Waals surface area contributed by atoms with Gasteiger partial charge in [-0.3, -0.25) is 9.36 Å². The van der Waals surface area contributed by atoms with E-state index in [4.69, 9.17) is 26.1 Å². The first-order valence-corrected chi connectivity index (χ1v) is 15.4. The van der Waals surface area contributed by atoms with Crippen LogP contribution in [0.15, 0.2) is 47.3 Å². The zero-order valence-electron chi connectivity index (χ0n) is 23.8. The molecule has 40 heavy (non-hydrogen) atoms. The van der Waals surface area contributed by atoms with Crippen LogP contribution in [0, 0.1) is 5.92 Å². The Balaban J connectivity index is 1.17. The van der Waals surface area contributed by atoms with Gasteiger partial charge in [0, 0.05) is 11.6 Å². The Kier molecular flexibility index (Phi) is 10.4. The van der Waals surface area contributed by atoms with E-state index in [1.807, 2.05) is 30.3 Å². The van der Waals surface area contributed by atoms with Crippen molar-refractivity contribution >= 4 is 22.5 Å². The second kappa shape index (κ2) is 14.3. The molecule has 0 unspecified atom stereocenters. The number of halogens is 1. The number of benzene rings is 2. The van der Waals surface area contributed by atoms with Gasteiger partial charge in [-0.15, -0.1) is 0 Å². The van der Waals surface area contributed by atoms with Crippen molar-refractivity contribution < 1.29 is 9.47 Å². The van der Waals surface area contributed by atoms with Crippen molar-refractivity contribution in [3.63, 3.8) is 0 Å². The predicted molar refractivity (Wildman–Crippen MR) is 162 cm³/mol. The van der Waals surface area contributed by atoms with Gasteiger partial charge in [0.1, 0.15) is 29.4 Å². The minimum atomic E-state index is -0.0397. The zero-order valence-corrected chi connectivity index (χ0v) is 24.6. The second-order valence-corrected chi connectivity index (χ2v) is 11.7. The van der Waals surface area contributed by atoms with Crippen LogP contribution < -0.4 is 15.0 Å². The van der Waals surface area contributed by atoms with Crippen LogP contribution in [0.2, 0.25) is 5.02 Å². The molecule has 0 amide bonds. The molecule has 7 nitrogen and oxygen atoms in total. The summed E-state index contributed by atoms with van der Waals surface area (Å²) in [4.78, 5) is 23.7. The molecule has 0 spiro atoms. The number of para-hydroxylation sites is 1. The minimum Gasteiger partial charge on any atom is -0.494 e. The molecular weight excluding hydrogens is 524 g/mol. The van der Waals surface area contributed by atoms with Gasteiger partial charge in [0.15, 0.2) is 0 Å². The number of likely N-dealkylation sites (tertiary alicyclic amines) is 2.